The highest BCUT2D eigenvalue weighted by atomic mass is 28.4. The van der Waals surface area contributed by atoms with E-state index in [1.807, 2.05) is 24.5 Å². The molecule has 1 aliphatic heterocycles. The Morgan fingerprint density at radius 2 is 1.69 bits per heavy atom. The van der Waals surface area contributed by atoms with Gasteiger partial charge in [-0.25, -0.2) is 9.97 Å². The van der Waals surface area contributed by atoms with Gasteiger partial charge in [0.1, 0.15) is 11.6 Å². The zero-order valence-corrected chi connectivity index (χ0v) is 21.3. The van der Waals surface area contributed by atoms with Crippen LogP contribution in [0.2, 0.25) is 19.6 Å². The summed E-state index contributed by atoms with van der Waals surface area (Å²) in [6, 6.07) is 8.11. The third-order valence-electron chi connectivity index (χ3n) is 5.61. The summed E-state index contributed by atoms with van der Waals surface area (Å²) in [7, 11) is -1.41. The fraction of sp³-hybridized carbons (Fsp3) is 0.615. The lowest BCUT2D eigenvalue weighted by Crippen LogP contribution is -2.30. The average Bonchev–Trinajstić information content (AvgIpc) is 2.77. The molecule has 2 unspecified atom stereocenters. The number of ether oxygens (including phenoxy) is 2. The fourth-order valence-corrected chi connectivity index (χ4v) is 5.37. The Labute approximate surface area is 195 Å². The smallest absolute Gasteiger partial charge is 0.199 e. The summed E-state index contributed by atoms with van der Waals surface area (Å²) < 4.78 is 17.7. The molecule has 32 heavy (non-hydrogen) atoms. The van der Waals surface area contributed by atoms with Crippen molar-refractivity contribution >= 4 is 8.32 Å². The molecule has 1 aromatic carbocycles. The van der Waals surface area contributed by atoms with Crippen LogP contribution in [0, 0.1) is 0 Å². The van der Waals surface area contributed by atoms with E-state index < -0.39 is 8.32 Å². The van der Waals surface area contributed by atoms with Crippen molar-refractivity contribution < 1.29 is 13.9 Å². The fourth-order valence-electron chi connectivity index (χ4n) is 4.05. The minimum atomic E-state index is -1.41. The van der Waals surface area contributed by atoms with Crippen molar-refractivity contribution in [3.8, 4) is 16.9 Å². The molecule has 0 saturated carbocycles. The summed E-state index contributed by atoms with van der Waals surface area (Å²) in [5.74, 6) is 1.78. The molecule has 176 valence electrons. The Morgan fingerprint density at radius 3 is 2.34 bits per heavy atom. The highest BCUT2D eigenvalue weighted by Crippen LogP contribution is 2.24. The number of hydrogen-bond donors (Lipinski definition) is 0. The van der Waals surface area contributed by atoms with Crippen molar-refractivity contribution in [3.63, 3.8) is 0 Å². The molecule has 0 spiro atoms. The maximum absolute atomic E-state index is 6.11. The van der Waals surface area contributed by atoms with Gasteiger partial charge in [-0.1, -0.05) is 31.4 Å². The van der Waals surface area contributed by atoms with E-state index in [1.54, 1.807) is 0 Å². The third kappa shape index (κ3) is 9.00. The molecule has 1 aliphatic rings. The van der Waals surface area contributed by atoms with Gasteiger partial charge >= 0.3 is 0 Å². The van der Waals surface area contributed by atoms with Gasteiger partial charge in [-0.3, -0.25) is 0 Å². The van der Waals surface area contributed by atoms with Crippen molar-refractivity contribution in [1.82, 2.24) is 9.97 Å². The van der Waals surface area contributed by atoms with Gasteiger partial charge in [0, 0.05) is 36.9 Å². The summed E-state index contributed by atoms with van der Waals surface area (Å²) in [5.41, 5.74) is 2.13. The first-order valence-electron chi connectivity index (χ1n) is 12.3. The van der Waals surface area contributed by atoms with Crippen LogP contribution in [-0.2, 0) is 15.6 Å². The van der Waals surface area contributed by atoms with E-state index >= 15 is 0 Å². The Kier molecular flexibility index (Phi) is 9.69. The zero-order valence-electron chi connectivity index (χ0n) is 20.3. The molecule has 0 bridgehead atoms. The number of aromatic nitrogens is 2. The maximum Gasteiger partial charge on any atom is 0.199 e. The van der Waals surface area contributed by atoms with Gasteiger partial charge in [0.05, 0.1) is 6.61 Å². The first-order valence-corrected chi connectivity index (χ1v) is 15.7. The highest BCUT2D eigenvalue weighted by molar-refractivity contribution is 6.69. The summed E-state index contributed by atoms with van der Waals surface area (Å²) in [6.07, 6.45) is 14.3. The van der Waals surface area contributed by atoms with Crippen LogP contribution in [0.3, 0.4) is 0 Å². The molecule has 1 saturated heterocycles. The average molecular weight is 457 g/mol. The van der Waals surface area contributed by atoms with Gasteiger partial charge in [0.15, 0.2) is 14.6 Å². The van der Waals surface area contributed by atoms with Crippen molar-refractivity contribution in [2.45, 2.75) is 96.7 Å². The summed E-state index contributed by atoms with van der Waals surface area (Å²) in [4.78, 5) is 9.16. The minimum Gasteiger partial charge on any atom is -0.465 e. The quantitative estimate of drug-likeness (QED) is 0.260. The molecule has 0 N–H and O–H groups in total. The number of benzene rings is 1. The molecule has 3 rings (SSSR count). The lowest BCUT2D eigenvalue weighted by Gasteiger charge is -2.23. The number of hydrogen-bond acceptors (Lipinski definition) is 5. The largest absolute Gasteiger partial charge is 0.465 e. The van der Waals surface area contributed by atoms with E-state index in [9.17, 15) is 0 Å². The molecule has 2 aromatic rings. The zero-order chi connectivity index (χ0) is 22.8. The van der Waals surface area contributed by atoms with Crippen LogP contribution in [-0.4, -0.2) is 37.3 Å². The molecule has 2 atom stereocenters. The Morgan fingerprint density at radius 1 is 0.969 bits per heavy atom. The number of nitrogens with zero attached hydrogens (tertiary/aromatic N) is 2. The van der Waals surface area contributed by atoms with Crippen LogP contribution >= 0.6 is 0 Å². The minimum absolute atomic E-state index is 0.112. The molecule has 0 aliphatic carbocycles. The third-order valence-corrected chi connectivity index (χ3v) is 6.72. The van der Waals surface area contributed by atoms with Crippen LogP contribution in [0.5, 0.6) is 5.75 Å². The standard InChI is InChI=1S/C26H40N2O3Si/c1-21(31-32(2,3)4)11-7-5-6-8-12-25-27-19-23(20-28-25)22-14-16-24(17-15-22)30-26-13-9-10-18-29-26/h14-17,19-21,26H,5-13,18H2,1-4H3. The van der Waals surface area contributed by atoms with Crippen LogP contribution < -0.4 is 4.74 Å². The van der Waals surface area contributed by atoms with Gasteiger partial charge in [-0.2, -0.15) is 0 Å². The van der Waals surface area contributed by atoms with Crippen LogP contribution in [0.15, 0.2) is 36.7 Å². The second-order valence-corrected chi connectivity index (χ2v) is 14.3. The van der Waals surface area contributed by atoms with Crippen molar-refractivity contribution in [2.75, 3.05) is 6.61 Å². The van der Waals surface area contributed by atoms with Crippen LogP contribution in [0.1, 0.15) is 64.1 Å². The molecule has 1 fully saturated rings. The predicted octanol–water partition coefficient (Wildman–Crippen LogP) is 6.78. The lowest BCUT2D eigenvalue weighted by molar-refractivity contribution is -0.105. The normalized spacial score (nSPS) is 17.8. The first kappa shape index (κ1) is 24.9. The van der Waals surface area contributed by atoms with E-state index in [-0.39, 0.29) is 6.29 Å². The first-order chi connectivity index (χ1) is 15.4. The van der Waals surface area contributed by atoms with E-state index in [0.29, 0.717) is 6.10 Å². The summed E-state index contributed by atoms with van der Waals surface area (Å²) in [5, 5.41) is 0. The highest BCUT2D eigenvalue weighted by Gasteiger charge is 2.17. The second kappa shape index (κ2) is 12.5. The molecule has 0 amide bonds. The van der Waals surface area contributed by atoms with Crippen LogP contribution in [0.25, 0.3) is 11.1 Å². The Bertz CT molecular complexity index is 784. The maximum atomic E-state index is 6.11. The number of unbranched alkanes of at least 4 members (excludes halogenated alkanes) is 3. The van der Waals surface area contributed by atoms with E-state index in [4.69, 9.17) is 13.9 Å². The molecule has 2 heterocycles. The monoisotopic (exact) mass is 456 g/mol. The van der Waals surface area contributed by atoms with Gasteiger partial charge in [-0.15, -0.1) is 0 Å². The Balaban J connectivity index is 1.35. The van der Waals surface area contributed by atoms with Gasteiger partial charge < -0.3 is 13.9 Å². The van der Waals surface area contributed by atoms with Crippen molar-refractivity contribution in [3.05, 3.63) is 42.5 Å². The van der Waals surface area contributed by atoms with E-state index in [1.165, 1.54) is 25.7 Å². The number of aryl methyl sites for hydroxylation is 1. The predicted molar refractivity (Wildman–Crippen MR) is 132 cm³/mol. The molecular formula is C26H40N2O3Si. The van der Waals surface area contributed by atoms with Gasteiger partial charge in [-0.05, 0) is 69.9 Å². The molecular weight excluding hydrogens is 416 g/mol. The summed E-state index contributed by atoms with van der Waals surface area (Å²) in [6.45, 7) is 9.77. The van der Waals surface area contributed by atoms with Crippen molar-refractivity contribution in [2.24, 2.45) is 0 Å². The molecule has 0 radical (unpaired) electrons. The molecule has 5 nitrogen and oxygen atoms in total. The summed E-state index contributed by atoms with van der Waals surface area (Å²) >= 11 is 0. The Hall–Kier alpha value is -1.76. The van der Waals surface area contributed by atoms with Crippen LogP contribution in [0.4, 0.5) is 0 Å². The lowest BCUT2D eigenvalue weighted by atomic mass is 10.1. The topological polar surface area (TPSA) is 53.5 Å². The van der Waals surface area contributed by atoms with Gasteiger partial charge in [0.2, 0.25) is 0 Å². The molecule has 1 aromatic heterocycles. The second-order valence-electron chi connectivity index (χ2n) is 9.82. The van der Waals surface area contributed by atoms with Gasteiger partial charge in [0.25, 0.3) is 0 Å². The van der Waals surface area contributed by atoms with E-state index in [0.717, 1.165) is 61.4 Å². The van der Waals surface area contributed by atoms with E-state index in [2.05, 4.69) is 48.7 Å². The number of rotatable bonds is 12. The molecule has 6 heteroatoms. The van der Waals surface area contributed by atoms with Crippen molar-refractivity contribution in [1.29, 1.82) is 0 Å². The SMILES string of the molecule is CC(CCCCCCc1ncc(-c2ccc(OC3CCCCO3)cc2)cn1)O[Si](C)(C)C.